The van der Waals surface area contributed by atoms with Crippen LogP contribution in [0.4, 0.5) is 10.1 Å². The largest absolute Gasteiger partial charge is 0.463 e. The fourth-order valence-electron chi connectivity index (χ4n) is 1.90. The smallest absolute Gasteiger partial charge is 0.373 e. The summed E-state index contributed by atoms with van der Waals surface area (Å²) in [5.41, 5.74) is 1.56. The summed E-state index contributed by atoms with van der Waals surface area (Å²) >= 11 is 3.15. The number of benzene rings is 1. The number of esters is 1. The van der Waals surface area contributed by atoms with Crippen molar-refractivity contribution in [3.05, 3.63) is 51.6 Å². The standard InChI is InChI=1S/C15H15BrFNO3/c1-8-6-10(16)11(17)7-12(8)18-9(2)13-4-5-14(21-13)15(19)20-3/h4-7,9,18H,1-3H3. The Kier molecular flexibility index (Phi) is 4.67. The number of carbonyl (C=O) groups is 1. The fraction of sp³-hybridized carbons (Fsp3) is 0.267. The lowest BCUT2D eigenvalue weighted by molar-refractivity contribution is 0.0562. The van der Waals surface area contributed by atoms with Gasteiger partial charge < -0.3 is 14.5 Å². The van der Waals surface area contributed by atoms with Gasteiger partial charge in [-0.05, 0) is 59.6 Å². The van der Waals surface area contributed by atoms with Gasteiger partial charge in [0.1, 0.15) is 11.6 Å². The van der Waals surface area contributed by atoms with Gasteiger partial charge >= 0.3 is 5.97 Å². The van der Waals surface area contributed by atoms with Gasteiger partial charge in [-0.3, -0.25) is 0 Å². The van der Waals surface area contributed by atoms with E-state index in [0.29, 0.717) is 15.9 Å². The highest BCUT2D eigenvalue weighted by atomic mass is 79.9. The van der Waals surface area contributed by atoms with Crippen molar-refractivity contribution in [1.82, 2.24) is 0 Å². The van der Waals surface area contributed by atoms with Gasteiger partial charge in [0.15, 0.2) is 0 Å². The molecule has 6 heteroatoms. The second-order valence-electron chi connectivity index (χ2n) is 4.64. The van der Waals surface area contributed by atoms with Gasteiger partial charge in [-0.15, -0.1) is 0 Å². The zero-order valence-corrected chi connectivity index (χ0v) is 13.5. The first-order valence-electron chi connectivity index (χ1n) is 6.32. The molecule has 0 saturated carbocycles. The van der Waals surface area contributed by atoms with E-state index in [9.17, 15) is 9.18 Å². The third kappa shape index (κ3) is 3.44. The number of furan rings is 1. The molecule has 0 aliphatic heterocycles. The summed E-state index contributed by atoms with van der Waals surface area (Å²) in [4.78, 5) is 11.4. The highest BCUT2D eigenvalue weighted by molar-refractivity contribution is 9.10. The molecule has 21 heavy (non-hydrogen) atoms. The average Bonchev–Trinajstić information content (AvgIpc) is 2.93. The monoisotopic (exact) mass is 355 g/mol. The predicted octanol–water partition coefficient (Wildman–Crippen LogP) is 4.45. The molecule has 0 aliphatic rings. The van der Waals surface area contributed by atoms with Gasteiger partial charge in [-0.2, -0.15) is 0 Å². The number of nitrogens with one attached hydrogen (secondary N) is 1. The summed E-state index contributed by atoms with van der Waals surface area (Å²) in [7, 11) is 1.29. The molecule has 0 saturated heterocycles. The number of hydrogen-bond acceptors (Lipinski definition) is 4. The predicted molar refractivity (Wildman–Crippen MR) is 80.9 cm³/mol. The summed E-state index contributed by atoms with van der Waals surface area (Å²) in [5, 5.41) is 3.16. The molecule has 1 atom stereocenters. The Balaban J connectivity index is 2.18. The van der Waals surface area contributed by atoms with Crippen molar-refractivity contribution in [3.8, 4) is 0 Å². The summed E-state index contributed by atoms with van der Waals surface area (Å²) < 4.78 is 24.0. The number of rotatable bonds is 4. The number of ether oxygens (including phenoxy) is 1. The van der Waals surface area contributed by atoms with Crippen LogP contribution >= 0.6 is 15.9 Å². The highest BCUT2D eigenvalue weighted by Gasteiger charge is 2.16. The molecule has 1 heterocycles. The van der Waals surface area contributed by atoms with Crippen molar-refractivity contribution >= 4 is 27.6 Å². The minimum Gasteiger partial charge on any atom is -0.463 e. The van der Waals surface area contributed by atoms with Gasteiger partial charge in [-0.25, -0.2) is 9.18 Å². The van der Waals surface area contributed by atoms with E-state index in [1.54, 1.807) is 18.2 Å². The van der Waals surface area contributed by atoms with Crippen molar-refractivity contribution < 1.29 is 18.3 Å². The number of aryl methyl sites for hydroxylation is 1. The lowest BCUT2D eigenvalue weighted by atomic mass is 10.1. The molecule has 2 aromatic rings. The minimum absolute atomic E-state index is 0.139. The average molecular weight is 356 g/mol. The molecule has 0 amide bonds. The molecule has 1 N–H and O–H groups in total. The van der Waals surface area contributed by atoms with Crippen LogP contribution in [0.25, 0.3) is 0 Å². The van der Waals surface area contributed by atoms with Crippen LogP contribution in [0.3, 0.4) is 0 Å². The topological polar surface area (TPSA) is 51.5 Å². The molecule has 0 fully saturated rings. The minimum atomic E-state index is -0.528. The normalized spacial score (nSPS) is 12.0. The Morgan fingerprint density at radius 1 is 1.43 bits per heavy atom. The van der Waals surface area contributed by atoms with Crippen LogP contribution in [0, 0.1) is 12.7 Å². The van der Waals surface area contributed by atoms with E-state index in [-0.39, 0.29) is 17.6 Å². The van der Waals surface area contributed by atoms with E-state index in [1.165, 1.54) is 13.2 Å². The highest BCUT2D eigenvalue weighted by Crippen LogP contribution is 2.28. The van der Waals surface area contributed by atoms with Crippen LogP contribution in [0.15, 0.2) is 33.2 Å². The van der Waals surface area contributed by atoms with Crippen molar-refractivity contribution in [2.24, 2.45) is 0 Å². The van der Waals surface area contributed by atoms with E-state index in [4.69, 9.17) is 4.42 Å². The zero-order chi connectivity index (χ0) is 15.6. The maximum atomic E-state index is 13.6. The molecule has 1 unspecified atom stereocenters. The SMILES string of the molecule is COC(=O)c1ccc(C(C)Nc2cc(F)c(Br)cc2C)o1. The third-order valence-electron chi connectivity index (χ3n) is 3.08. The van der Waals surface area contributed by atoms with Crippen LogP contribution in [0.2, 0.25) is 0 Å². The quantitative estimate of drug-likeness (QED) is 0.823. The Morgan fingerprint density at radius 2 is 2.14 bits per heavy atom. The van der Waals surface area contributed by atoms with Crippen LogP contribution in [-0.2, 0) is 4.74 Å². The first-order chi connectivity index (χ1) is 9.92. The van der Waals surface area contributed by atoms with Crippen LogP contribution in [-0.4, -0.2) is 13.1 Å². The molecule has 2 rings (SSSR count). The molecule has 0 aliphatic carbocycles. The number of carbonyl (C=O) groups excluding carboxylic acids is 1. The molecule has 0 radical (unpaired) electrons. The van der Waals surface area contributed by atoms with Gasteiger partial charge in [0.05, 0.1) is 17.6 Å². The maximum absolute atomic E-state index is 13.6. The Morgan fingerprint density at radius 3 is 2.81 bits per heavy atom. The Labute approximate surface area is 130 Å². The van der Waals surface area contributed by atoms with Gasteiger partial charge in [0, 0.05) is 5.69 Å². The second kappa shape index (κ2) is 6.30. The fourth-order valence-corrected chi connectivity index (χ4v) is 2.36. The molecule has 1 aromatic carbocycles. The Bertz CT molecular complexity index is 669. The molecule has 0 spiro atoms. The van der Waals surface area contributed by atoms with Crippen molar-refractivity contribution in [1.29, 1.82) is 0 Å². The van der Waals surface area contributed by atoms with Crippen molar-refractivity contribution in [3.63, 3.8) is 0 Å². The number of hydrogen-bond donors (Lipinski definition) is 1. The first kappa shape index (κ1) is 15.6. The van der Waals surface area contributed by atoms with Crippen LogP contribution < -0.4 is 5.32 Å². The van der Waals surface area contributed by atoms with Crippen LogP contribution in [0.5, 0.6) is 0 Å². The molecular formula is C15H15BrFNO3. The number of methoxy groups -OCH3 is 1. The second-order valence-corrected chi connectivity index (χ2v) is 5.50. The number of anilines is 1. The Hall–Kier alpha value is -1.82. The molecular weight excluding hydrogens is 341 g/mol. The summed E-state index contributed by atoms with van der Waals surface area (Å²) in [6, 6.07) is 6.14. The van der Waals surface area contributed by atoms with Gasteiger partial charge in [-0.1, -0.05) is 0 Å². The lowest BCUT2D eigenvalue weighted by Crippen LogP contribution is -2.07. The third-order valence-corrected chi connectivity index (χ3v) is 3.69. The van der Waals surface area contributed by atoms with Crippen molar-refractivity contribution in [2.45, 2.75) is 19.9 Å². The maximum Gasteiger partial charge on any atom is 0.373 e. The molecule has 4 nitrogen and oxygen atoms in total. The van der Waals surface area contributed by atoms with Gasteiger partial charge in [0.25, 0.3) is 0 Å². The van der Waals surface area contributed by atoms with E-state index < -0.39 is 5.97 Å². The zero-order valence-electron chi connectivity index (χ0n) is 11.9. The van der Waals surface area contributed by atoms with E-state index in [1.807, 2.05) is 13.8 Å². The van der Waals surface area contributed by atoms with E-state index in [2.05, 4.69) is 26.0 Å². The van der Waals surface area contributed by atoms with Crippen molar-refractivity contribution in [2.75, 3.05) is 12.4 Å². The molecule has 112 valence electrons. The summed E-state index contributed by atoms with van der Waals surface area (Å²) in [5.74, 6) is -0.165. The van der Waals surface area contributed by atoms with Crippen LogP contribution in [0.1, 0.15) is 34.8 Å². The first-order valence-corrected chi connectivity index (χ1v) is 7.12. The number of halogens is 2. The molecule has 1 aromatic heterocycles. The lowest BCUT2D eigenvalue weighted by Gasteiger charge is -2.15. The van der Waals surface area contributed by atoms with E-state index in [0.717, 1.165) is 5.56 Å². The van der Waals surface area contributed by atoms with Gasteiger partial charge in [0.2, 0.25) is 5.76 Å². The summed E-state index contributed by atoms with van der Waals surface area (Å²) in [6.07, 6.45) is 0. The van der Waals surface area contributed by atoms with E-state index >= 15 is 0 Å². The molecule has 0 bridgehead atoms. The summed E-state index contributed by atoms with van der Waals surface area (Å²) in [6.45, 7) is 3.74.